The van der Waals surface area contributed by atoms with E-state index in [2.05, 4.69) is 15.9 Å². The molecular formula is C13H15BrClNO3. The Morgan fingerprint density at radius 1 is 1.58 bits per heavy atom. The second kappa shape index (κ2) is 6.59. The van der Waals surface area contributed by atoms with Gasteiger partial charge in [0, 0.05) is 17.6 Å². The Morgan fingerprint density at radius 2 is 2.37 bits per heavy atom. The van der Waals surface area contributed by atoms with Crippen LogP contribution in [0.5, 0.6) is 5.75 Å². The van der Waals surface area contributed by atoms with Gasteiger partial charge < -0.3 is 14.7 Å². The van der Waals surface area contributed by atoms with E-state index >= 15 is 0 Å². The number of aliphatic hydroxyl groups excluding tert-OH is 1. The van der Waals surface area contributed by atoms with Gasteiger partial charge in [-0.2, -0.15) is 0 Å². The average molecular weight is 349 g/mol. The van der Waals surface area contributed by atoms with Crippen molar-refractivity contribution in [2.75, 3.05) is 19.7 Å². The summed E-state index contributed by atoms with van der Waals surface area (Å²) in [5, 5.41) is 9.99. The second-order valence-electron chi connectivity index (χ2n) is 4.50. The lowest BCUT2D eigenvalue weighted by Crippen LogP contribution is -2.44. The van der Waals surface area contributed by atoms with Gasteiger partial charge in [0.15, 0.2) is 6.61 Å². The number of amides is 1. The second-order valence-corrected chi connectivity index (χ2v) is 5.82. The number of ether oxygens (including phenoxy) is 1. The van der Waals surface area contributed by atoms with E-state index in [0.717, 1.165) is 17.3 Å². The minimum Gasteiger partial charge on any atom is -0.482 e. The lowest BCUT2D eigenvalue weighted by molar-refractivity contribution is -0.136. The number of halogens is 2. The Kier molecular flexibility index (Phi) is 5.07. The van der Waals surface area contributed by atoms with E-state index in [-0.39, 0.29) is 12.5 Å². The first-order valence-electron chi connectivity index (χ1n) is 6.10. The first-order valence-corrected chi connectivity index (χ1v) is 7.27. The van der Waals surface area contributed by atoms with Crippen molar-refractivity contribution >= 4 is 33.4 Å². The SMILES string of the molecule is O=C(COc1ccc(Br)cc1Cl)N1CCC[C@H](O)C1. The molecule has 1 aromatic rings. The molecular weight excluding hydrogens is 334 g/mol. The van der Waals surface area contributed by atoms with Crippen molar-refractivity contribution in [1.29, 1.82) is 0 Å². The highest BCUT2D eigenvalue weighted by molar-refractivity contribution is 9.10. The summed E-state index contributed by atoms with van der Waals surface area (Å²) >= 11 is 9.30. The maximum absolute atomic E-state index is 11.9. The maximum atomic E-state index is 11.9. The highest BCUT2D eigenvalue weighted by Gasteiger charge is 2.22. The Morgan fingerprint density at radius 3 is 3.05 bits per heavy atom. The highest BCUT2D eigenvalue weighted by Crippen LogP contribution is 2.27. The van der Waals surface area contributed by atoms with Crippen molar-refractivity contribution in [2.45, 2.75) is 18.9 Å². The Balaban J connectivity index is 1.89. The number of carbonyl (C=O) groups is 1. The van der Waals surface area contributed by atoms with Gasteiger partial charge in [-0.25, -0.2) is 0 Å². The van der Waals surface area contributed by atoms with E-state index in [4.69, 9.17) is 16.3 Å². The largest absolute Gasteiger partial charge is 0.482 e. The van der Waals surface area contributed by atoms with Crippen LogP contribution in [-0.2, 0) is 4.79 Å². The quantitative estimate of drug-likeness (QED) is 0.913. The van der Waals surface area contributed by atoms with Crippen molar-refractivity contribution in [3.63, 3.8) is 0 Å². The molecule has 1 aliphatic rings. The van der Waals surface area contributed by atoms with E-state index in [1.54, 1.807) is 23.1 Å². The van der Waals surface area contributed by atoms with Gasteiger partial charge in [0.25, 0.3) is 5.91 Å². The van der Waals surface area contributed by atoms with Crippen molar-refractivity contribution in [1.82, 2.24) is 4.90 Å². The number of hydrogen-bond acceptors (Lipinski definition) is 3. The third-order valence-corrected chi connectivity index (χ3v) is 3.78. The molecule has 1 fully saturated rings. The monoisotopic (exact) mass is 347 g/mol. The number of aliphatic hydroxyl groups is 1. The minimum atomic E-state index is -0.422. The van der Waals surface area contributed by atoms with Gasteiger partial charge >= 0.3 is 0 Å². The molecule has 0 aliphatic carbocycles. The number of hydrogen-bond donors (Lipinski definition) is 1. The highest BCUT2D eigenvalue weighted by atomic mass is 79.9. The minimum absolute atomic E-state index is 0.0614. The summed E-state index contributed by atoms with van der Waals surface area (Å²) < 4.78 is 6.27. The molecule has 0 unspecified atom stereocenters. The zero-order chi connectivity index (χ0) is 13.8. The third kappa shape index (κ3) is 4.09. The van der Waals surface area contributed by atoms with Crippen LogP contribution in [0, 0.1) is 0 Å². The van der Waals surface area contributed by atoms with Gasteiger partial charge in [0.2, 0.25) is 0 Å². The van der Waals surface area contributed by atoms with Crippen molar-refractivity contribution in [3.8, 4) is 5.75 Å². The predicted octanol–water partition coefficient (Wildman–Crippen LogP) is 2.46. The van der Waals surface area contributed by atoms with Crippen LogP contribution in [-0.4, -0.2) is 41.7 Å². The fourth-order valence-corrected chi connectivity index (χ4v) is 2.73. The van der Waals surface area contributed by atoms with Crippen molar-refractivity contribution in [2.24, 2.45) is 0 Å². The Bertz CT molecular complexity index is 469. The summed E-state index contributed by atoms with van der Waals surface area (Å²) in [6, 6.07) is 5.23. The number of likely N-dealkylation sites (tertiary alicyclic amines) is 1. The molecule has 19 heavy (non-hydrogen) atoms. The summed E-state index contributed by atoms with van der Waals surface area (Å²) in [5.74, 6) is 0.355. The topological polar surface area (TPSA) is 49.8 Å². The van der Waals surface area contributed by atoms with Gasteiger partial charge in [-0.05, 0) is 31.0 Å². The normalized spacial score (nSPS) is 19.3. The average Bonchev–Trinajstić information content (AvgIpc) is 2.37. The van der Waals surface area contributed by atoms with Crippen LogP contribution in [0.1, 0.15) is 12.8 Å². The zero-order valence-electron chi connectivity index (χ0n) is 10.3. The lowest BCUT2D eigenvalue weighted by Gasteiger charge is -2.30. The zero-order valence-corrected chi connectivity index (χ0v) is 12.7. The number of benzene rings is 1. The number of β-amino-alcohol motifs (C(OH)–C–C–N with tert-alkyl or cyclic N) is 1. The van der Waals surface area contributed by atoms with Crippen LogP contribution in [0.3, 0.4) is 0 Å². The molecule has 0 saturated carbocycles. The summed E-state index contributed by atoms with van der Waals surface area (Å²) in [6.07, 6.45) is 1.16. The van der Waals surface area contributed by atoms with Gasteiger partial charge in [-0.15, -0.1) is 0 Å². The standard InChI is InChI=1S/C13H15BrClNO3/c14-9-3-4-12(11(15)6-9)19-8-13(18)16-5-1-2-10(17)7-16/h3-4,6,10,17H,1-2,5,7-8H2/t10-/m0/s1. The van der Waals surface area contributed by atoms with E-state index in [0.29, 0.717) is 23.9 Å². The number of piperidine rings is 1. The van der Waals surface area contributed by atoms with E-state index in [9.17, 15) is 9.90 Å². The fourth-order valence-electron chi connectivity index (χ4n) is 2.00. The number of rotatable bonds is 3. The first kappa shape index (κ1) is 14.6. The van der Waals surface area contributed by atoms with Gasteiger partial charge in [-0.1, -0.05) is 27.5 Å². The number of carbonyl (C=O) groups excluding carboxylic acids is 1. The van der Waals surface area contributed by atoms with Crippen LogP contribution >= 0.6 is 27.5 Å². The Hall–Kier alpha value is -0.780. The summed E-state index contributed by atoms with van der Waals surface area (Å²) in [5.41, 5.74) is 0. The predicted molar refractivity (Wildman–Crippen MR) is 76.5 cm³/mol. The molecule has 6 heteroatoms. The van der Waals surface area contributed by atoms with Crippen LogP contribution in [0.4, 0.5) is 0 Å². The third-order valence-electron chi connectivity index (χ3n) is 2.99. The number of nitrogens with zero attached hydrogens (tertiary/aromatic N) is 1. The van der Waals surface area contributed by atoms with Gasteiger partial charge in [-0.3, -0.25) is 4.79 Å². The molecule has 1 saturated heterocycles. The smallest absolute Gasteiger partial charge is 0.260 e. The molecule has 2 rings (SSSR count). The maximum Gasteiger partial charge on any atom is 0.260 e. The molecule has 1 N–H and O–H groups in total. The molecule has 0 spiro atoms. The summed E-state index contributed by atoms with van der Waals surface area (Å²) in [4.78, 5) is 13.6. The van der Waals surface area contributed by atoms with Crippen LogP contribution in [0.15, 0.2) is 22.7 Å². The van der Waals surface area contributed by atoms with E-state index < -0.39 is 6.10 Å². The molecule has 0 radical (unpaired) electrons. The van der Waals surface area contributed by atoms with Crippen molar-refractivity contribution < 1.29 is 14.6 Å². The first-order chi connectivity index (χ1) is 9.06. The Labute approximate surface area is 125 Å². The fraction of sp³-hybridized carbons (Fsp3) is 0.462. The molecule has 1 aromatic carbocycles. The van der Waals surface area contributed by atoms with Crippen molar-refractivity contribution in [3.05, 3.63) is 27.7 Å². The molecule has 1 aliphatic heterocycles. The summed E-state index contributed by atoms with van der Waals surface area (Å²) in [7, 11) is 0. The van der Waals surface area contributed by atoms with E-state index in [1.165, 1.54) is 0 Å². The van der Waals surface area contributed by atoms with Crippen LogP contribution < -0.4 is 4.74 Å². The molecule has 4 nitrogen and oxygen atoms in total. The molecule has 1 atom stereocenters. The van der Waals surface area contributed by atoms with Gasteiger partial charge in [0.05, 0.1) is 11.1 Å². The van der Waals surface area contributed by atoms with Crippen LogP contribution in [0.25, 0.3) is 0 Å². The summed E-state index contributed by atoms with van der Waals surface area (Å²) in [6.45, 7) is 0.998. The molecule has 104 valence electrons. The van der Waals surface area contributed by atoms with E-state index in [1.807, 2.05) is 0 Å². The van der Waals surface area contributed by atoms with Crippen LogP contribution in [0.2, 0.25) is 5.02 Å². The lowest BCUT2D eigenvalue weighted by atomic mass is 10.1. The molecule has 1 amide bonds. The molecule has 0 aromatic heterocycles. The molecule has 1 heterocycles. The molecule has 0 bridgehead atoms. The van der Waals surface area contributed by atoms with Gasteiger partial charge in [0.1, 0.15) is 5.75 Å².